The van der Waals surface area contributed by atoms with Crippen LogP contribution >= 0.6 is 31.9 Å². The number of hydrogen-bond acceptors (Lipinski definition) is 1. The van der Waals surface area contributed by atoms with Crippen LogP contribution in [-0.4, -0.2) is 10.5 Å². The van der Waals surface area contributed by atoms with Crippen LogP contribution in [0.1, 0.15) is 0 Å². The van der Waals surface area contributed by atoms with Crippen LogP contribution in [0.5, 0.6) is 0 Å². The maximum atomic E-state index is 11.4. The number of halogens is 4. The van der Waals surface area contributed by atoms with Gasteiger partial charge in [0.15, 0.2) is 0 Å². The van der Waals surface area contributed by atoms with Gasteiger partial charge >= 0.3 is 0 Å². The van der Waals surface area contributed by atoms with Crippen LogP contribution in [0.25, 0.3) is 0 Å². The summed E-state index contributed by atoms with van der Waals surface area (Å²) in [5.74, 6) is 0. The molecule has 0 aliphatic carbocycles. The maximum absolute atomic E-state index is 11.4. The molecule has 0 N–H and O–H groups in total. The van der Waals surface area contributed by atoms with Crippen LogP contribution < -0.4 is 0 Å². The molecule has 0 amide bonds. The largest absolute Gasteiger partial charge is 0.295 e. The molecule has 0 saturated heterocycles. The molecule has 0 aromatic rings. The molecule has 1 nitrogen and oxygen atoms in total. The highest BCUT2D eigenvalue weighted by molar-refractivity contribution is 9.10. The molecule has 0 heterocycles. The lowest BCUT2D eigenvalue weighted by Crippen LogP contribution is -2.00. The van der Waals surface area contributed by atoms with Crippen LogP contribution in [0.4, 0.5) is 8.78 Å². The summed E-state index contributed by atoms with van der Waals surface area (Å²) >= 11 is 4.63. The van der Waals surface area contributed by atoms with Crippen molar-refractivity contribution in [2.24, 2.45) is 0 Å². The molecule has 0 radical (unpaired) electrons. The van der Waals surface area contributed by atoms with Crippen molar-refractivity contribution in [3.05, 3.63) is 0 Å². The molecule has 5 heteroatoms. The van der Waals surface area contributed by atoms with E-state index in [1.165, 1.54) is 0 Å². The Morgan fingerprint density at radius 3 is 1.43 bits per heavy atom. The summed E-state index contributed by atoms with van der Waals surface area (Å²) in [4.78, 5) is 0. The Bertz CT molecular complexity index is 43.0. The molecule has 0 rings (SSSR count). The number of ether oxygens (including phenoxy) is 1. The van der Waals surface area contributed by atoms with Gasteiger partial charge in [0.05, 0.1) is 0 Å². The highest BCUT2D eigenvalue weighted by Gasteiger charge is 2.05. The lowest BCUT2D eigenvalue weighted by molar-refractivity contribution is -0.0357. The molecule has 0 saturated carbocycles. The first-order valence-electron chi connectivity index (χ1n) is 1.34. The Labute approximate surface area is 56.3 Å². The molecule has 0 aromatic carbocycles. The second-order valence-electron chi connectivity index (χ2n) is 0.657. The molecule has 0 aliphatic heterocycles. The number of rotatable bonds is 2. The quantitative estimate of drug-likeness (QED) is 0.672. The minimum absolute atomic E-state index is 1.73. The topological polar surface area (TPSA) is 9.23 Å². The maximum Gasteiger partial charge on any atom is 0.258 e. The van der Waals surface area contributed by atoms with Crippen molar-refractivity contribution in [2.45, 2.75) is 10.5 Å². The normalized spacial score (nSPS) is 18.9. The van der Waals surface area contributed by atoms with E-state index in [0.717, 1.165) is 0 Å². The Hall–Kier alpha value is 0.780. The zero-order chi connectivity index (χ0) is 5.86. The van der Waals surface area contributed by atoms with E-state index >= 15 is 0 Å². The van der Waals surface area contributed by atoms with Crippen molar-refractivity contribution in [3.63, 3.8) is 0 Å². The van der Waals surface area contributed by atoms with Gasteiger partial charge in [0.25, 0.3) is 10.5 Å². The molecule has 2 atom stereocenters. The highest BCUT2D eigenvalue weighted by atomic mass is 79.9. The third kappa shape index (κ3) is 6.78. The predicted molar refractivity (Wildman–Crippen MR) is 28.7 cm³/mol. The predicted octanol–water partition coefficient (Wildman–Crippen LogP) is 2.30. The van der Waals surface area contributed by atoms with E-state index in [4.69, 9.17) is 0 Å². The fourth-order valence-electron chi connectivity index (χ4n) is 0.0778. The first kappa shape index (κ1) is 7.78. The molecule has 0 bridgehead atoms. The van der Waals surface area contributed by atoms with Gasteiger partial charge < -0.3 is 0 Å². The van der Waals surface area contributed by atoms with E-state index in [0.29, 0.717) is 0 Å². The van der Waals surface area contributed by atoms with Gasteiger partial charge in [-0.3, -0.25) is 4.74 Å². The fourth-order valence-corrected chi connectivity index (χ4v) is 0.746. The van der Waals surface area contributed by atoms with E-state index < -0.39 is 10.5 Å². The van der Waals surface area contributed by atoms with Crippen molar-refractivity contribution in [1.82, 2.24) is 0 Å². The van der Waals surface area contributed by atoms with Crippen LogP contribution in [0, 0.1) is 0 Å². The summed E-state index contributed by atoms with van der Waals surface area (Å²) in [6, 6.07) is 0. The standard InChI is InChI=1S/C2H2Br2F2O/c3-1(5)7-2(4)6/h1-2H. The second kappa shape index (κ2) is 3.74. The fraction of sp³-hybridized carbons (Fsp3) is 1.00. The Balaban J connectivity index is 2.95. The van der Waals surface area contributed by atoms with Crippen LogP contribution in [0.3, 0.4) is 0 Å². The average Bonchev–Trinajstić information content (AvgIpc) is 1.27. The number of hydrogen-bond donors (Lipinski definition) is 0. The van der Waals surface area contributed by atoms with Crippen molar-refractivity contribution < 1.29 is 13.5 Å². The molecule has 0 spiro atoms. The molecular formula is C2H2Br2F2O. The minimum atomic E-state index is -1.73. The Morgan fingerprint density at radius 2 is 1.43 bits per heavy atom. The van der Waals surface area contributed by atoms with Crippen molar-refractivity contribution >= 4 is 31.9 Å². The van der Waals surface area contributed by atoms with Gasteiger partial charge in [-0.05, 0) is 31.9 Å². The lowest BCUT2D eigenvalue weighted by atomic mass is 11.4. The molecule has 0 fully saturated rings. The van der Waals surface area contributed by atoms with Crippen molar-refractivity contribution in [2.75, 3.05) is 0 Å². The van der Waals surface area contributed by atoms with E-state index in [2.05, 4.69) is 36.6 Å². The lowest BCUT2D eigenvalue weighted by Gasteiger charge is -1.99. The molecule has 2 unspecified atom stereocenters. The summed E-state index contributed by atoms with van der Waals surface area (Å²) in [6.07, 6.45) is 0. The smallest absolute Gasteiger partial charge is 0.258 e. The van der Waals surface area contributed by atoms with Gasteiger partial charge in [-0.2, -0.15) is 0 Å². The molecule has 44 valence electrons. The average molecular weight is 240 g/mol. The summed E-state index contributed by atoms with van der Waals surface area (Å²) in [6.45, 7) is 0. The van der Waals surface area contributed by atoms with Gasteiger partial charge in [0, 0.05) is 0 Å². The minimum Gasteiger partial charge on any atom is -0.295 e. The third-order valence-electron chi connectivity index (χ3n) is 0.206. The number of alkyl halides is 4. The molecular weight excluding hydrogens is 238 g/mol. The summed E-state index contributed by atoms with van der Waals surface area (Å²) in [7, 11) is 0. The van der Waals surface area contributed by atoms with Gasteiger partial charge in [-0.25, -0.2) is 8.78 Å². The Kier molecular flexibility index (Phi) is 4.16. The van der Waals surface area contributed by atoms with E-state index in [-0.39, 0.29) is 0 Å². The van der Waals surface area contributed by atoms with Gasteiger partial charge in [0.2, 0.25) is 0 Å². The zero-order valence-electron chi connectivity index (χ0n) is 3.07. The summed E-state index contributed by atoms with van der Waals surface area (Å²) < 4.78 is 26.5. The van der Waals surface area contributed by atoms with Crippen LogP contribution in [0.2, 0.25) is 0 Å². The highest BCUT2D eigenvalue weighted by Crippen LogP contribution is 2.11. The Morgan fingerprint density at radius 1 is 1.14 bits per heavy atom. The van der Waals surface area contributed by atoms with Crippen molar-refractivity contribution in [3.8, 4) is 0 Å². The van der Waals surface area contributed by atoms with Crippen molar-refractivity contribution in [1.29, 1.82) is 0 Å². The van der Waals surface area contributed by atoms with E-state index in [9.17, 15) is 8.78 Å². The third-order valence-corrected chi connectivity index (χ3v) is 0.637. The van der Waals surface area contributed by atoms with Crippen LogP contribution in [0.15, 0.2) is 0 Å². The molecule has 0 aromatic heterocycles. The SMILES string of the molecule is FC(Br)OC(F)Br. The van der Waals surface area contributed by atoms with Gasteiger partial charge in [-0.1, -0.05) is 0 Å². The second-order valence-corrected chi connectivity index (χ2v) is 2.10. The summed E-state index contributed by atoms with van der Waals surface area (Å²) in [5.41, 5.74) is 0. The molecule has 0 aliphatic rings. The van der Waals surface area contributed by atoms with E-state index in [1.807, 2.05) is 0 Å². The zero-order valence-corrected chi connectivity index (χ0v) is 6.25. The van der Waals surface area contributed by atoms with Gasteiger partial charge in [0.1, 0.15) is 0 Å². The van der Waals surface area contributed by atoms with Gasteiger partial charge in [-0.15, -0.1) is 0 Å². The first-order valence-corrected chi connectivity index (χ1v) is 3.18. The summed E-state index contributed by atoms with van der Waals surface area (Å²) in [5, 5.41) is -3.47. The molecule has 7 heavy (non-hydrogen) atoms. The van der Waals surface area contributed by atoms with E-state index in [1.54, 1.807) is 0 Å². The van der Waals surface area contributed by atoms with Crippen LogP contribution in [-0.2, 0) is 4.74 Å². The first-order chi connectivity index (χ1) is 3.13. The monoisotopic (exact) mass is 238 g/mol.